The first-order valence-corrected chi connectivity index (χ1v) is 10.9. The van der Waals surface area contributed by atoms with Crippen LogP contribution in [0.3, 0.4) is 0 Å². The van der Waals surface area contributed by atoms with Crippen molar-refractivity contribution in [1.29, 1.82) is 0 Å². The average molecular weight is 396 g/mol. The van der Waals surface area contributed by atoms with E-state index in [1.165, 1.54) is 4.31 Å². The Morgan fingerprint density at radius 2 is 1.78 bits per heavy atom. The first kappa shape index (κ1) is 20.3. The molecule has 0 unspecified atom stereocenters. The highest BCUT2D eigenvalue weighted by Crippen LogP contribution is 2.25. The number of carbonyl (C=O) groups is 1. The van der Waals surface area contributed by atoms with Crippen molar-refractivity contribution < 1.29 is 17.9 Å². The number of carbonyl (C=O) groups excluding carboxylic acids is 1. The molecule has 1 aromatic carbocycles. The lowest BCUT2D eigenvalue weighted by Crippen LogP contribution is -2.57. The van der Waals surface area contributed by atoms with E-state index >= 15 is 0 Å². The van der Waals surface area contributed by atoms with Gasteiger partial charge in [-0.3, -0.25) is 4.79 Å². The summed E-state index contributed by atoms with van der Waals surface area (Å²) in [6.07, 6.45) is 2.51. The number of nitrogens with zero attached hydrogens (tertiary/aromatic N) is 1. The van der Waals surface area contributed by atoms with Crippen LogP contribution in [0.4, 0.5) is 0 Å². The molecule has 2 N–H and O–H groups in total. The fraction of sp³-hybridized carbons (Fsp3) is 0.632. The van der Waals surface area contributed by atoms with Crippen LogP contribution in [0.25, 0.3) is 0 Å². The van der Waals surface area contributed by atoms with Gasteiger partial charge in [0, 0.05) is 26.2 Å². The molecule has 0 saturated carbocycles. The number of hydrogen-bond donors (Lipinski definition) is 2. The lowest BCUT2D eigenvalue weighted by Gasteiger charge is -2.37. The van der Waals surface area contributed by atoms with E-state index < -0.39 is 15.6 Å². The fourth-order valence-electron chi connectivity index (χ4n) is 3.77. The molecule has 0 radical (unpaired) electrons. The number of ether oxygens (including phenoxy) is 1. The number of amides is 1. The fourth-order valence-corrected chi connectivity index (χ4v) is 5.24. The summed E-state index contributed by atoms with van der Waals surface area (Å²) in [6, 6.07) is 6.89. The summed E-state index contributed by atoms with van der Waals surface area (Å²) >= 11 is 0. The van der Waals surface area contributed by atoms with E-state index in [1.807, 2.05) is 19.1 Å². The Morgan fingerprint density at radius 3 is 2.33 bits per heavy atom. The number of rotatable bonds is 5. The van der Waals surface area contributed by atoms with E-state index in [-0.39, 0.29) is 11.9 Å². The number of methoxy groups -OCH3 is 1. The molecule has 1 amide bonds. The Labute approximate surface area is 161 Å². The standard InChI is InChI=1S/C19H29N3O4S/c1-15-3-5-17(6-4-15)27(24,25)22-13-7-16(8-14-22)21-18(23)19(26-2)9-11-20-12-10-19/h3-6,16,20H,7-14H2,1-2H3,(H,21,23). The van der Waals surface area contributed by atoms with Crippen molar-refractivity contribution in [2.75, 3.05) is 33.3 Å². The zero-order chi connectivity index (χ0) is 19.5. The molecule has 2 heterocycles. The van der Waals surface area contributed by atoms with Gasteiger partial charge in [-0.2, -0.15) is 4.31 Å². The quantitative estimate of drug-likeness (QED) is 0.778. The van der Waals surface area contributed by atoms with E-state index in [9.17, 15) is 13.2 Å². The molecule has 7 nitrogen and oxygen atoms in total. The predicted octanol–water partition coefficient (Wildman–Crippen LogP) is 1.03. The van der Waals surface area contributed by atoms with E-state index in [0.717, 1.165) is 18.7 Å². The summed E-state index contributed by atoms with van der Waals surface area (Å²) in [4.78, 5) is 13.1. The van der Waals surface area contributed by atoms with Gasteiger partial charge >= 0.3 is 0 Å². The molecule has 1 aromatic rings. The maximum absolute atomic E-state index is 12.8. The van der Waals surface area contributed by atoms with Crippen LogP contribution in [-0.2, 0) is 19.6 Å². The van der Waals surface area contributed by atoms with Crippen molar-refractivity contribution in [3.8, 4) is 0 Å². The van der Waals surface area contributed by atoms with Crippen molar-refractivity contribution in [2.45, 2.75) is 49.1 Å². The van der Waals surface area contributed by atoms with E-state index in [1.54, 1.807) is 19.2 Å². The number of benzene rings is 1. The van der Waals surface area contributed by atoms with Crippen molar-refractivity contribution in [1.82, 2.24) is 14.9 Å². The van der Waals surface area contributed by atoms with Crippen LogP contribution < -0.4 is 10.6 Å². The van der Waals surface area contributed by atoms with Gasteiger partial charge in [-0.05, 0) is 57.8 Å². The molecule has 2 saturated heterocycles. The van der Waals surface area contributed by atoms with Crippen LogP contribution >= 0.6 is 0 Å². The Balaban J connectivity index is 1.58. The minimum atomic E-state index is -3.48. The van der Waals surface area contributed by atoms with Gasteiger partial charge in [-0.15, -0.1) is 0 Å². The van der Waals surface area contributed by atoms with Crippen molar-refractivity contribution in [2.24, 2.45) is 0 Å². The van der Waals surface area contributed by atoms with Crippen LogP contribution in [0, 0.1) is 6.92 Å². The van der Waals surface area contributed by atoms with Gasteiger partial charge in [0.2, 0.25) is 10.0 Å². The zero-order valence-corrected chi connectivity index (χ0v) is 16.8. The summed E-state index contributed by atoms with van der Waals surface area (Å²) in [6.45, 7) is 4.26. The van der Waals surface area contributed by atoms with E-state index in [4.69, 9.17) is 4.74 Å². The molecule has 0 atom stereocenters. The lowest BCUT2D eigenvalue weighted by atomic mass is 9.90. The molecular formula is C19H29N3O4S. The molecule has 2 aliphatic rings. The van der Waals surface area contributed by atoms with Gasteiger partial charge in [-0.1, -0.05) is 17.7 Å². The molecule has 27 heavy (non-hydrogen) atoms. The topological polar surface area (TPSA) is 87.7 Å². The van der Waals surface area contributed by atoms with Crippen molar-refractivity contribution in [3.63, 3.8) is 0 Å². The molecule has 150 valence electrons. The molecular weight excluding hydrogens is 366 g/mol. The molecule has 8 heteroatoms. The third-order valence-corrected chi connectivity index (χ3v) is 7.58. The molecule has 3 rings (SSSR count). The third-order valence-electron chi connectivity index (χ3n) is 5.66. The number of hydrogen-bond acceptors (Lipinski definition) is 5. The summed E-state index contributed by atoms with van der Waals surface area (Å²) in [5.74, 6) is -0.0775. The maximum atomic E-state index is 12.8. The molecule has 2 aliphatic heterocycles. The monoisotopic (exact) mass is 395 g/mol. The minimum Gasteiger partial charge on any atom is -0.368 e. The van der Waals surface area contributed by atoms with Gasteiger partial charge in [0.25, 0.3) is 5.91 Å². The SMILES string of the molecule is COC1(C(=O)NC2CCN(S(=O)(=O)c3ccc(C)cc3)CC2)CCNCC1. The van der Waals surface area contributed by atoms with Gasteiger partial charge < -0.3 is 15.4 Å². The number of piperidine rings is 2. The minimum absolute atomic E-state index is 0.0242. The first-order chi connectivity index (χ1) is 12.9. The normalized spacial score (nSPS) is 21.7. The number of sulfonamides is 1. The second kappa shape index (κ2) is 8.26. The smallest absolute Gasteiger partial charge is 0.252 e. The summed E-state index contributed by atoms with van der Waals surface area (Å²) in [7, 11) is -1.90. The predicted molar refractivity (Wildman–Crippen MR) is 103 cm³/mol. The highest BCUT2D eigenvalue weighted by atomic mass is 32.2. The second-order valence-corrected chi connectivity index (χ2v) is 9.35. The van der Waals surface area contributed by atoms with E-state index in [2.05, 4.69) is 10.6 Å². The molecule has 2 fully saturated rings. The van der Waals surface area contributed by atoms with Gasteiger partial charge in [0.15, 0.2) is 0 Å². The molecule has 0 spiro atoms. The van der Waals surface area contributed by atoms with Gasteiger partial charge in [-0.25, -0.2) is 8.42 Å². The summed E-state index contributed by atoms with van der Waals surface area (Å²) in [5, 5.41) is 6.33. The van der Waals surface area contributed by atoms with Crippen molar-refractivity contribution in [3.05, 3.63) is 29.8 Å². The van der Waals surface area contributed by atoms with E-state index in [0.29, 0.717) is 43.7 Å². The second-order valence-electron chi connectivity index (χ2n) is 7.41. The largest absolute Gasteiger partial charge is 0.368 e. The summed E-state index contributed by atoms with van der Waals surface area (Å²) < 4.78 is 32.6. The Hall–Kier alpha value is -1.48. The average Bonchev–Trinajstić information content (AvgIpc) is 2.69. The lowest BCUT2D eigenvalue weighted by molar-refractivity contribution is -0.147. The number of aryl methyl sites for hydroxylation is 1. The maximum Gasteiger partial charge on any atom is 0.252 e. The van der Waals surface area contributed by atoms with Crippen LogP contribution in [0.15, 0.2) is 29.2 Å². The zero-order valence-electron chi connectivity index (χ0n) is 16.0. The van der Waals surface area contributed by atoms with Gasteiger partial charge in [0.05, 0.1) is 4.90 Å². The highest BCUT2D eigenvalue weighted by Gasteiger charge is 2.41. The Morgan fingerprint density at radius 1 is 1.19 bits per heavy atom. The van der Waals surface area contributed by atoms with Crippen LogP contribution in [0.5, 0.6) is 0 Å². The van der Waals surface area contributed by atoms with Gasteiger partial charge in [0.1, 0.15) is 5.60 Å². The molecule has 0 bridgehead atoms. The van der Waals surface area contributed by atoms with Crippen LogP contribution in [0.2, 0.25) is 0 Å². The van der Waals surface area contributed by atoms with Crippen molar-refractivity contribution >= 4 is 15.9 Å². The summed E-state index contributed by atoms with van der Waals surface area (Å²) in [5.41, 5.74) is 0.261. The Kier molecular flexibility index (Phi) is 6.20. The molecule has 0 aromatic heterocycles. The van der Waals surface area contributed by atoms with Crippen LogP contribution in [0.1, 0.15) is 31.2 Å². The third kappa shape index (κ3) is 4.34. The highest BCUT2D eigenvalue weighted by molar-refractivity contribution is 7.89. The van der Waals surface area contributed by atoms with Crippen LogP contribution in [-0.4, -0.2) is 63.6 Å². The Bertz CT molecular complexity index is 750. The molecule has 0 aliphatic carbocycles. The number of nitrogens with one attached hydrogen (secondary N) is 2. The first-order valence-electron chi connectivity index (χ1n) is 9.51.